The van der Waals surface area contributed by atoms with Crippen molar-refractivity contribution >= 4 is 11.6 Å². The number of nitrogens with one attached hydrogen (secondary N) is 2. The molecule has 0 aliphatic carbocycles. The van der Waals surface area contributed by atoms with Crippen LogP contribution in [0.3, 0.4) is 0 Å². The predicted molar refractivity (Wildman–Crippen MR) is 62.7 cm³/mol. The number of carbonyl (C=O) groups is 1. The third kappa shape index (κ3) is 4.38. The molecule has 0 atom stereocenters. The molecule has 0 saturated heterocycles. The molecular weight excluding hydrogens is 226 g/mol. The lowest BCUT2D eigenvalue weighted by molar-refractivity contribution is -0.120. The largest absolute Gasteiger partial charge is 0.371 e. The molecule has 0 fully saturated rings. The van der Waals surface area contributed by atoms with E-state index in [0.717, 1.165) is 12.1 Å². The summed E-state index contributed by atoms with van der Waals surface area (Å²) in [5, 5.41) is 5.12. The molecule has 0 radical (unpaired) electrons. The van der Waals surface area contributed by atoms with Crippen LogP contribution in [0.4, 0.5) is 14.5 Å². The van der Waals surface area contributed by atoms with E-state index < -0.39 is 11.6 Å². The van der Waals surface area contributed by atoms with E-state index in [4.69, 9.17) is 0 Å². The standard InChI is InChI=1S/C12H16F2N2O/c1-12(2,3)16-10(17)7-15-11-8(13)5-4-6-9(11)14/h4-6,15H,7H2,1-3H3,(H,16,17). The molecule has 94 valence electrons. The molecule has 5 heteroatoms. The summed E-state index contributed by atoms with van der Waals surface area (Å²) in [6, 6.07) is 3.53. The Labute approximate surface area is 99.2 Å². The SMILES string of the molecule is CC(C)(C)NC(=O)CNc1c(F)cccc1F. The van der Waals surface area contributed by atoms with Gasteiger partial charge in [-0.15, -0.1) is 0 Å². The summed E-state index contributed by atoms with van der Waals surface area (Å²) in [5.41, 5.74) is -0.649. The van der Waals surface area contributed by atoms with Crippen molar-refractivity contribution in [2.75, 3.05) is 11.9 Å². The van der Waals surface area contributed by atoms with Gasteiger partial charge in [0.2, 0.25) is 5.91 Å². The molecule has 0 aliphatic heterocycles. The van der Waals surface area contributed by atoms with E-state index in [2.05, 4.69) is 10.6 Å². The molecule has 1 amide bonds. The first-order chi connectivity index (χ1) is 7.79. The van der Waals surface area contributed by atoms with Gasteiger partial charge in [0.15, 0.2) is 0 Å². The van der Waals surface area contributed by atoms with Crippen molar-refractivity contribution in [3.05, 3.63) is 29.8 Å². The summed E-state index contributed by atoms with van der Waals surface area (Å²) in [5.74, 6) is -1.75. The maximum Gasteiger partial charge on any atom is 0.239 e. The number of halogens is 2. The number of benzene rings is 1. The minimum atomic E-state index is -0.714. The predicted octanol–water partition coefficient (Wildman–Crippen LogP) is 2.29. The van der Waals surface area contributed by atoms with Crippen LogP contribution in [-0.2, 0) is 4.79 Å². The van der Waals surface area contributed by atoms with Gasteiger partial charge in [-0.05, 0) is 32.9 Å². The van der Waals surface area contributed by atoms with Crippen LogP contribution >= 0.6 is 0 Å². The Morgan fingerprint density at radius 1 is 1.24 bits per heavy atom. The summed E-state index contributed by atoms with van der Waals surface area (Å²) in [6.07, 6.45) is 0. The van der Waals surface area contributed by atoms with Gasteiger partial charge in [-0.1, -0.05) is 6.07 Å². The van der Waals surface area contributed by atoms with E-state index in [0.29, 0.717) is 0 Å². The second-order valence-corrected chi connectivity index (χ2v) is 4.75. The number of hydrogen-bond donors (Lipinski definition) is 2. The first kappa shape index (κ1) is 13.4. The van der Waals surface area contributed by atoms with Crippen LogP contribution in [0.15, 0.2) is 18.2 Å². The summed E-state index contributed by atoms with van der Waals surface area (Å²) in [6.45, 7) is 5.31. The van der Waals surface area contributed by atoms with Crippen molar-refractivity contribution in [2.45, 2.75) is 26.3 Å². The summed E-state index contributed by atoms with van der Waals surface area (Å²) >= 11 is 0. The number of amides is 1. The van der Waals surface area contributed by atoms with Crippen LogP contribution in [0.5, 0.6) is 0 Å². The van der Waals surface area contributed by atoms with Crippen molar-refractivity contribution < 1.29 is 13.6 Å². The van der Waals surface area contributed by atoms with Gasteiger partial charge in [0.1, 0.15) is 17.3 Å². The minimum absolute atomic E-state index is 0.172. The molecule has 1 aromatic carbocycles. The Morgan fingerprint density at radius 2 is 1.76 bits per heavy atom. The first-order valence-electron chi connectivity index (χ1n) is 5.28. The first-order valence-corrected chi connectivity index (χ1v) is 5.28. The molecule has 0 heterocycles. The van der Waals surface area contributed by atoms with Crippen molar-refractivity contribution in [1.82, 2.24) is 5.32 Å². The van der Waals surface area contributed by atoms with Crippen LogP contribution in [0, 0.1) is 11.6 Å². The molecule has 1 rings (SSSR count). The second-order valence-electron chi connectivity index (χ2n) is 4.75. The van der Waals surface area contributed by atoms with Crippen LogP contribution in [0.25, 0.3) is 0 Å². The van der Waals surface area contributed by atoms with E-state index in [9.17, 15) is 13.6 Å². The fraction of sp³-hybridized carbons (Fsp3) is 0.417. The highest BCUT2D eigenvalue weighted by molar-refractivity contribution is 5.81. The lowest BCUT2D eigenvalue weighted by Crippen LogP contribution is -2.43. The molecule has 17 heavy (non-hydrogen) atoms. The topological polar surface area (TPSA) is 41.1 Å². The fourth-order valence-corrected chi connectivity index (χ4v) is 1.30. The third-order valence-corrected chi connectivity index (χ3v) is 1.90. The molecule has 0 unspecified atom stereocenters. The lowest BCUT2D eigenvalue weighted by atomic mass is 10.1. The maximum absolute atomic E-state index is 13.2. The molecule has 0 aliphatic rings. The van der Waals surface area contributed by atoms with Crippen LogP contribution in [0.2, 0.25) is 0 Å². The van der Waals surface area contributed by atoms with Crippen molar-refractivity contribution in [3.8, 4) is 0 Å². The van der Waals surface area contributed by atoms with Gasteiger partial charge in [-0.2, -0.15) is 0 Å². The number of anilines is 1. The number of hydrogen-bond acceptors (Lipinski definition) is 2. The van der Waals surface area contributed by atoms with E-state index in [1.165, 1.54) is 6.07 Å². The smallest absolute Gasteiger partial charge is 0.239 e. The van der Waals surface area contributed by atoms with Gasteiger partial charge in [0.25, 0.3) is 0 Å². The van der Waals surface area contributed by atoms with Crippen molar-refractivity contribution in [2.24, 2.45) is 0 Å². The molecule has 3 nitrogen and oxygen atoms in total. The number of rotatable bonds is 3. The number of carbonyl (C=O) groups excluding carboxylic acids is 1. The molecule has 0 spiro atoms. The zero-order valence-corrected chi connectivity index (χ0v) is 10.1. The Bertz CT molecular complexity index is 393. The highest BCUT2D eigenvalue weighted by Crippen LogP contribution is 2.17. The molecule has 0 aromatic heterocycles. The zero-order chi connectivity index (χ0) is 13.1. The van der Waals surface area contributed by atoms with Crippen LogP contribution < -0.4 is 10.6 Å². The Hall–Kier alpha value is -1.65. The summed E-state index contributed by atoms with van der Waals surface area (Å²) in [4.78, 5) is 11.4. The zero-order valence-electron chi connectivity index (χ0n) is 10.1. The van der Waals surface area contributed by atoms with E-state index in [1.807, 2.05) is 20.8 Å². The Balaban J connectivity index is 2.59. The van der Waals surface area contributed by atoms with Crippen LogP contribution in [0.1, 0.15) is 20.8 Å². The van der Waals surface area contributed by atoms with Crippen molar-refractivity contribution in [3.63, 3.8) is 0 Å². The average molecular weight is 242 g/mol. The van der Waals surface area contributed by atoms with Gasteiger partial charge >= 0.3 is 0 Å². The summed E-state index contributed by atoms with van der Waals surface area (Å²) in [7, 11) is 0. The van der Waals surface area contributed by atoms with E-state index in [-0.39, 0.29) is 23.7 Å². The Kier molecular flexibility index (Phi) is 4.04. The van der Waals surface area contributed by atoms with Gasteiger partial charge in [0, 0.05) is 5.54 Å². The molecule has 0 saturated carbocycles. The average Bonchev–Trinajstić information content (AvgIpc) is 2.14. The molecule has 2 N–H and O–H groups in total. The van der Waals surface area contributed by atoms with Gasteiger partial charge in [-0.3, -0.25) is 4.79 Å². The molecule has 1 aromatic rings. The van der Waals surface area contributed by atoms with E-state index in [1.54, 1.807) is 0 Å². The highest BCUT2D eigenvalue weighted by atomic mass is 19.1. The molecule has 0 bridgehead atoms. The highest BCUT2D eigenvalue weighted by Gasteiger charge is 2.14. The second kappa shape index (κ2) is 5.12. The third-order valence-electron chi connectivity index (χ3n) is 1.90. The number of para-hydroxylation sites is 1. The normalized spacial score (nSPS) is 11.1. The van der Waals surface area contributed by atoms with Gasteiger partial charge < -0.3 is 10.6 Å². The monoisotopic (exact) mass is 242 g/mol. The fourth-order valence-electron chi connectivity index (χ4n) is 1.30. The lowest BCUT2D eigenvalue weighted by Gasteiger charge is -2.20. The van der Waals surface area contributed by atoms with Gasteiger partial charge in [0.05, 0.1) is 6.54 Å². The quantitative estimate of drug-likeness (QED) is 0.853. The van der Waals surface area contributed by atoms with Crippen LogP contribution in [-0.4, -0.2) is 18.0 Å². The van der Waals surface area contributed by atoms with E-state index >= 15 is 0 Å². The van der Waals surface area contributed by atoms with Crippen molar-refractivity contribution in [1.29, 1.82) is 0 Å². The minimum Gasteiger partial charge on any atom is -0.371 e. The Morgan fingerprint density at radius 3 is 2.24 bits per heavy atom. The summed E-state index contributed by atoms with van der Waals surface area (Å²) < 4.78 is 26.4. The molecular formula is C12H16F2N2O. The van der Waals surface area contributed by atoms with Gasteiger partial charge in [-0.25, -0.2) is 8.78 Å². The maximum atomic E-state index is 13.2.